The van der Waals surface area contributed by atoms with Gasteiger partial charge in [0.2, 0.25) is 5.28 Å². The molecule has 1 aliphatic heterocycles. The minimum absolute atomic E-state index is 0.258. The normalized spacial score (nSPS) is 17.1. The lowest BCUT2D eigenvalue weighted by Crippen LogP contribution is -2.28. The van der Waals surface area contributed by atoms with Gasteiger partial charge in [-0.3, -0.25) is 0 Å². The first-order chi connectivity index (χ1) is 7.79. The monoisotopic (exact) mass is 242 g/mol. The fourth-order valence-electron chi connectivity index (χ4n) is 1.69. The van der Waals surface area contributed by atoms with E-state index in [0.717, 1.165) is 37.6 Å². The highest BCUT2D eigenvalue weighted by molar-refractivity contribution is 6.28. The number of aromatic nitrogens is 2. The van der Waals surface area contributed by atoms with E-state index in [2.05, 4.69) is 20.6 Å². The Kier molecular flexibility index (Phi) is 3.79. The number of nitrogens with one attached hydrogen (secondary N) is 2. The Morgan fingerprint density at radius 3 is 2.88 bits per heavy atom. The molecule has 2 rings (SSSR count). The minimum atomic E-state index is 0.258. The predicted molar refractivity (Wildman–Crippen MR) is 64.1 cm³/mol. The SMILES string of the molecule is CNc1cnc(Cl)nc1NC1CCOCC1. The van der Waals surface area contributed by atoms with E-state index in [1.165, 1.54) is 0 Å². The molecule has 2 heterocycles. The van der Waals surface area contributed by atoms with Gasteiger partial charge in [-0.25, -0.2) is 4.98 Å². The molecule has 1 aromatic heterocycles. The van der Waals surface area contributed by atoms with Crippen molar-refractivity contribution in [2.75, 3.05) is 30.9 Å². The fourth-order valence-corrected chi connectivity index (χ4v) is 1.82. The zero-order valence-corrected chi connectivity index (χ0v) is 9.92. The number of nitrogens with zero attached hydrogens (tertiary/aromatic N) is 2. The molecule has 1 fully saturated rings. The summed E-state index contributed by atoms with van der Waals surface area (Å²) in [4.78, 5) is 8.11. The van der Waals surface area contributed by atoms with E-state index in [-0.39, 0.29) is 5.28 Å². The fraction of sp³-hybridized carbons (Fsp3) is 0.600. The van der Waals surface area contributed by atoms with Crippen LogP contribution in [0.5, 0.6) is 0 Å². The average Bonchev–Trinajstić information content (AvgIpc) is 2.31. The third-order valence-electron chi connectivity index (χ3n) is 2.59. The van der Waals surface area contributed by atoms with E-state index >= 15 is 0 Å². The van der Waals surface area contributed by atoms with Crippen LogP contribution in [-0.2, 0) is 4.74 Å². The second kappa shape index (κ2) is 5.32. The summed E-state index contributed by atoms with van der Waals surface area (Å²) in [5.41, 5.74) is 0.857. The molecular weight excluding hydrogens is 228 g/mol. The number of halogens is 1. The summed E-state index contributed by atoms with van der Waals surface area (Å²) in [6, 6.07) is 0.395. The molecule has 0 radical (unpaired) electrons. The molecule has 2 N–H and O–H groups in total. The Labute approximate surface area is 99.6 Å². The smallest absolute Gasteiger partial charge is 0.224 e. The summed E-state index contributed by atoms with van der Waals surface area (Å²) in [6.45, 7) is 1.59. The van der Waals surface area contributed by atoms with Crippen LogP contribution in [0.3, 0.4) is 0 Å². The molecule has 5 nitrogen and oxygen atoms in total. The second-order valence-electron chi connectivity index (χ2n) is 3.68. The molecule has 16 heavy (non-hydrogen) atoms. The molecule has 0 aliphatic carbocycles. The summed E-state index contributed by atoms with van der Waals surface area (Å²) >= 11 is 5.78. The first kappa shape index (κ1) is 11.4. The molecule has 0 atom stereocenters. The lowest BCUT2D eigenvalue weighted by molar-refractivity contribution is 0.0904. The Morgan fingerprint density at radius 2 is 2.19 bits per heavy atom. The molecule has 1 aromatic rings. The van der Waals surface area contributed by atoms with E-state index in [1.807, 2.05) is 7.05 Å². The summed E-state index contributed by atoms with van der Waals surface area (Å²) in [7, 11) is 1.84. The highest BCUT2D eigenvalue weighted by atomic mass is 35.5. The van der Waals surface area contributed by atoms with Crippen molar-refractivity contribution in [1.82, 2.24) is 9.97 Å². The van der Waals surface area contributed by atoms with Crippen molar-refractivity contribution in [3.05, 3.63) is 11.5 Å². The third kappa shape index (κ3) is 2.74. The van der Waals surface area contributed by atoms with Gasteiger partial charge in [0.1, 0.15) is 0 Å². The van der Waals surface area contributed by atoms with E-state index in [9.17, 15) is 0 Å². The van der Waals surface area contributed by atoms with Gasteiger partial charge >= 0.3 is 0 Å². The number of ether oxygens (including phenoxy) is 1. The third-order valence-corrected chi connectivity index (χ3v) is 2.77. The topological polar surface area (TPSA) is 59.1 Å². The lowest BCUT2D eigenvalue weighted by Gasteiger charge is -2.24. The van der Waals surface area contributed by atoms with Crippen LogP contribution >= 0.6 is 11.6 Å². The molecule has 0 unspecified atom stereocenters. The molecule has 6 heteroatoms. The van der Waals surface area contributed by atoms with Gasteiger partial charge in [-0.2, -0.15) is 4.98 Å². The number of hydrogen-bond donors (Lipinski definition) is 2. The summed E-state index contributed by atoms with van der Waals surface area (Å²) in [5, 5.41) is 6.66. The van der Waals surface area contributed by atoms with Crippen molar-refractivity contribution in [2.24, 2.45) is 0 Å². The van der Waals surface area contributed by atoms with Crippen molar-refractivity contribution in [3.63, 3.8) is 0 Å². The largest absolute Gasteiger partial charge is 0.384 e. The zero-order chi connectivity index (χ0) is 11.4. The highest BCUT2D eigenvalue weighted by Gasteiger charge is 2.15. The van der Waals surface area contributed by atoms with Gasteiger partial charge < -0.3 is 15.4 Å². The first-order valence-corrected chi connectivity index (χ1v) is 5.72. The van der Waals surface area contributed by atoms with Gasteiger partial charge in [0.25, 0.3) is 0 Å². The number of hydrogen-bond acceptors (Lipinski definition) is 5. The number of rotatable bonds is 3. The van der Waals surface area contributed by atoms with Crippen LogP contribution in [0.4, 0.5) is 11.5 Å². The maximum absolute atomic E-state index is 5.78. The average molecular weight is 243 g/mol. The molecule has 88 valence electrons. The van der Waals surface area contributed by atoms with Crippen LogP contribution in [0, 0.1) is 0 Å². The van der Waals surface area contributed by atoms with Crippen LogP contribution < -0.4 is 10.6 Å². The molecule has 0 bridgehead atoms. The van der Waals surface area contributed by atoms with Crippen molar-refractivity contribution < 1.29 is 4.74 Å². The quantitative estimate of drug-likeness (QED) is 0.791. The summed E-state index contributed by atoms with van der Waals surface area (Å²) in [6.07, 6.45) is 3.66. The molecule has 0 amide bonds. The van der Waals surface area contributed by atoms with Crippen LogP contribution in [0.25, 0.3) is 0 Å². The maximum Gasteiger partial charge on any atom is 0.224 e. The summed E-state index contributed by atoms with van der Waals surface area (Å²) < 4.78 is 5.30. The molecule has 0 spiro atoms. The molecule has 0 saturated carbocycles. The van der Waals surface area contributed by atoms with E-state index in [4.69, 9.17) is 16.3 Å². The molecular formula is C10H15ClN4O. The van der Waals surface area contributed by atoms with Crippen molar-refractivity contribution in [1.29, 1.82) is 0 Å². The van der Waals surface area contributed by atoms with Gasteiger partial charge in [0.15, 0.2) is 5.82 Å². The Bertz CT molecular complexity index is 355. The van der Waals surface area contributed by atoms with Crippen molar-refractivity contribution in [2.45, 2.75) is 18.9 Å². The predicted octanol–water partition coefficient (Wildman–Crippen LogP) is 1.76. The maximum atomic E-state index is 5.78. The molecule has 1 aliphatic rings. The van der Waals surface area contributed by atoms with Crippen LogP contribution in [0.1, 0.15) is 12.8 Å². The highest BCUT2D eigenvalue weighted by Crippen LogP contribution is 2.22. The Morgan fingerprint density at radius 1 is 1.44 bits per heavy atom. The van der Waals surface area contributed by atoms with Crippen LogP contribution in [0.2, 0.25) is 5.28 Å². The zero-order valence-electron chi connectivity index (χ0n) is 9.16. The van der Waals surface area contributed by atoms with Gasteiger partial charge in [-0.05, 0) is 24.4 Å². The van der Waals surface area contributed by atoms with Crippen molar-refractivity contribution >= 4 is 23.1 Å². The van der Waals surface area contributed by atoms with Crippen LogP contribution in [0.15, 0.2) is 6.20 Å². The summed E-state index contributed by atoms with van der Waals surface area (Å²) in [5.74, 6) is 0.759. The Balaban J connectivity index is 2.09. The van der Waals surface area contributed by atoms with Crippen molar-refractivity contribution in [3.8, 4) is 0 Å². The standard InChI is InChI=1S/C10H15ClN4O/c1-12-8-6-13-10(11)15-9(8)14-7-2-4-16-5-3-7/h6-7,12H,2-5H2,1H3,(H,13,14,15). The van der Waals surface area contributed by atoms with Gasteiger partial charge in [-0.1, -0.05) is 0 Å². The first-order valence-electron chi connectivity index (χ1n) is 5.34. The van der Waals surface area contributed by atoms with E-state index in [0.29, 0.717) is 6.04 Å². The second-order valence-corrected chi connectivity index (χ2v) is 4.02. The van der Waals surface area contributed by atoms with Crippen LogP contribution in [-0.4, -0.2) is 36.3 Å². The van der Waals surface area contributed by atoms with Gasteiger partial charge in [0.05, 0.1) is 11.9 Å². The molecule has 0 aromatic carbocycles. The van der Waals surface area contributed by atoms with E-state index < -0.39 is 0 Å². The molecule has 1 saturated heterocycles. The van der Waals surface area contributed by atoms with Gasteiger partial charge in [0, 0.05) is 26.3 Å². The lowest BCUT2D eigenvalue weighted by atomic mass is 10.1. The minimum Gasteiger partial charge on any atom is -0.384 e. The van der Waals surface area contributed by atoms with Gasteiger partial charge in [-0.15, -0.1) is 0 Å². The van der Waals surface area contributed by atoms with E-state index in [1.54, 1.807) is 6.20 Å². The number of anilines is 2. The Hall–Kier alpha value is -1.07.